The zero-order valence-corrected chi connectivity index (χ0v) is 12.7. The summed E-state index contributed by atoms with van der Waals surface area (Å²) < 4.78 is 7.74. The number of carbonyl (C=O) groups is 1. The molecule has 1 N–H and O–H groups in total. The SMILES string of the molecule is CCOC(=O)C(C)Nc1nn(C)c2cc(Br)ccc12. The molecule has 102 valence electrons. The molecule has 0 fully saturated rings. The fourth-order valence-electron chi connectivity index (χ4n) is 1.87. The first kappa shape index (κ1) is 13.9. The molecule has 1 aromatic carbocycles. The van der Waals surface area contributed by atoms with Crippen molar-refractivity contribution in [3.63, 3.8) is 0 Å². The molecule has 0 aliphatic rings. The number of anilines is 1. The number of benzene rings is 1. The Morgan fingerprint density at radius 3 is 3.00 bits per heavy atom. The molecule has 0 spiro atoms. The van der Waals surface area contributed by atoms with E-state index >= 15 is 0 Å². The van der Waals surface area contributed by atoms with Crippen LogP contribution in [-0.2, 0) is 16.6 Å². The summed E-state index contributed by atoms with van der Waals surface area (Å²) in [7, 11) is 1.87. The highest BCUT2D eigenvalue weighted by Gasteiger charge is 2.17. The monoisotopic (exact) mass is 325 g/mol. The van der Waals surface area contributed by atoms with Crippen molar-refractivity contribution in [1.29, 1.82) is 0 Å². The molecule has 0 saturated heterocycles. The van der Waals surface area contributed by atoms with Crippen molar-refractivity contribution in [3.05, 3.63) is 22.7 Å². The summed E-state index contributed by atoms with van der Waals surface area (Å²) in [6.45, 7) is 3.93. The van der Waals surface area contributed by atoms with E-state index in [9.17, 15) is 4.79 Å². The third-order valence-electron chi connectivity index (χ3n) is 2.81. The van der Waals surface area contributed by atoms with Gasteiger partial charge in [-0.2, -0.15) is 5.10 Å². The van der Waals surface area contributed by atoms with Crippen molar-refractivity contribution in [2.45, 2.75) is 19.9 Å². The van der Waals surface area contributed by atoms with Crippen LogP contribution in [0.5, 0.6) is 0 Å². The summed E-state index contributed by atoms with van der Waals surface area (Å²) >= 11 is 3.43. The quantitative estimate of drug-likeness (QED) is 0.878. The Morgan fingerprint density at radius 1 is 1.58 bits per heavy atom. The second kappa shape index (κ2) is 5.61. The average molecular weight is 326 g/mol. The normalized spacial score (nSPS) is 12.4. The predicted molar refractivity (Wildman–Crippen MR) is 78.1 cm³/mol. The van der Waals surface area contributed by atoms with E-state index in [0.717, 1.165) is 15.4 Å². The third kappa shape index (κ3) is 2.89. The Labute approximate surface area is 120 Å². The summed E-state index contributed by atoms with van der Waals surface area (Å²) in [5.41, 5.74) is 0.993. The minimum atomic E-state index is -0.429. The van der Waals surface area contributed by atoms with Gasteiger partial charge in [0.15, 0.2) is 5.82 Å². The summed E-state index contributed by atoms with van der Waals surface area (Å²) in [5.74, 6) is 0.406. The fourth-order valence-corrected chi connectivity index (χ4v) is 2.22. The van der Waals surface area contributed by atoms with Gasteiger partial charge in [-0.3, -0.25) is 4.68 Å². The van der Waals surface area contributed by atoms with Crippen LogP contribution in [0.4, 0.5) is 5.82 Å². The number of esters is 1. The molecule has 0 saturated carbocycles. The largest absolute Gasteiger partial charge is 0.464 e. The summed E-state index contributed by atoms with van der Waals surface area (Å²) in [4.78, 5) is 11.6. The van der Waals surface area contributed by atoms with Gasteiger partial charge < -0.3 is 10.1 Å². The van der Waals surface area contributed by atoms with Gasteiger partial charge in [0, 0.05) is 16.9 Å². The minimum absolute atomic E-state index is 0.279. The van der Waals surface area contributed by atoms with Crippen molar-refractivity contribution in [2.24, 2.45) is 7.05 Å². The lowest BCUT2D eigenvalue weighted by molar-refractivity contribution is -0.143. The average Bonchev–Trinajstić information content (AvgIpc) is 2.66. The van der Waals surface area contributed by atoms with Gasteiger partial charge in [0.1, 0.15) is 6.04 Å². The summed E-state index contributed by atoms with van der Waals surface area (Å²) in [5, 5.41) is 8.45. The van der Waals surface area contributed by atoms with Crippen molar-refractivity contribution in [1.82, 2.24) is 9.78 Å². The molecule has 1 aromatic heterocycles. The van der Waals surface area contributed by atoms with Crippen molar-refractivity contribution < 1.29 is 9.53 Å². The van der Waals surface area contributed by atoms with Crippen LogP contribution < -0.4 is 5.32 Å². The maximum atomic E-state index is 11.6. The van der Waals surface area contributed by atoms with E-state index in [-0.39, 0.29) is 5.97 Å². The van der Waals surface area contributed by atoms with Gasteiger partial charge >= 0.3 is 5.97 Å². The summed E-state index contributed by atoms with van der Waals surface area (Å²) in [6, 6.07) is 5.47. The molecule has 1 atom stereocenters. The van der Waals surface area contributed by atoms with E-state index in [0.29, 0.717) is 12.4 Å². The number of hydrogen-bond acceptors (Lipinski definition) is 4. The Morgan fingerprint density at radius 2 is 2.32 bits per heavy atom. The van der Waals surface area contributed by atoms with E-state index in [4.69, 9.17) is 4.74 Å². The number of carbonyl (C=O) groups excluding carboxylic acids is 1. The Bertz CT molecular complexity index is 609. The van der Waals surface area contributed by atoms with E-state index in [1.807, 2.05) is 25.2 Å². The first-order chi connectivity index (χ1) is 9.02. The van der Waals surface area contributed by atoms with Gasteiger partial charge in [0.2, 0.25) is 0 Å². The van der Waals surface area contributed by atoms with Crippen LogP contribution in [0.2, 0.25) is 0 Å². The van der Waals surface area contributed by atoms with Crippen molar-refractivity contribution >= 4 is 38.6 Å². The molecule has 6 heteroatoms. The molecule has 2 aromatic rings. The van der Waals surface area contributed by atoms with Crippen LogP contribution in [-0.4, -0.2) is 28.4 Å². The molecule has 19 heavy (non-hydrogen) atoms. The van der Waals surface area contributed by atoms with Crippen LogP contribution in [0.3, 0.4) is 0 Å². The summed E-state index contributed by atoms with van der Waals surface area (Å²) in [6.07, 6.45) is 0. The number of aromatic nitrogens is 2. The molecule has 0 aliphatic carbocycles. The zero-order valence-electron chi connectivity index (χ0n) is 11.1. The Balaban J connectivity index is 2.28. The maximum absolute atomic E-state index is 11.6. The molecular formula is C13H16BrN3O2. The topological polar surface area (TPSA) is 56.1 Å². The number of fused-ring (bicyclic) bond motifs is 1. The van der Waals surface area contributed by atoms with Crippen LogP contribution in [0, 0.1) is 0 Å². The smallest absolute Gasteiger partial charge is 0.328 e. The predicted octanol–water partition coefficient (Wildman–Crippen LogP) is 2.70. The number of ether oxygens (including phenoxy) is 1. The highest BCUT2D eigenvalue weighted by atomic mass is 79.9. The van der Waals surface area contributed by atoms with Gasteiger partial charge in [0.25, 0.3) is 0 Å². The highest BCUT2D eigenvalue weighted by Crippen LogP contribution is 2.25. The Hall–Kier alpha value is -1.56. The lowest BCUT2D eigenvalue weighted by Gasteiger charge is -2.11. The first-order valence-corrected chi connectivity index (χ1v) is 6.87. The number of aryl methyl sites for hydroxylation is 1. The van der Waals surface area contributed by atoms with Gasteiger partial charge in [0.05, 0.1) is 12.1 Å². The standard InChI is InChI=1S/C13H16BrN3O2/c1-4-19-13(18)8(2)15-12-10-6-5-9(14)7-11(10)17(3)16-12/h5-8H,4H2,1-3H3,(H,15,16). The van der Waals surface area contributed by atoms with E-state index in [2.05, 4.69) is 26.3 Å². The van der Waals surface area contributed by atoms with Gasteiger partial charge in [-0.25, -0.2) is 4.79 Å². The molecule has 0 radical (unpaired) electrons. The maximum Gasteiger partial charge on any atom is 0.328 e. The molecule has 0 aliphatic heterocycles. The molecule has 5 nitrogen and oxygen atoms in total. The van der Waals surface area contributed by atoms with Gasteiger partial charge in [-0.05, 0) is 32.0 Å². The van der Waals surface area contributed by atoms with E-state index < -0.39 is 6.04 Å². The lowest BCUT2D eigenvalue weighted by Crippen LogP contribution is -2.28. The number of nitrogens with zero attached hydrogens (tertiary/aromatic N) is 2. The van der Waals surface area contributed by atoms with Crippen LogP contribution >= 0.6 is 15.9 Å². The second-order valence-electron chi connectivity index (χ2n) is 4.25. The molecule has 1 unspecified atom stereocenters. The molecule has 2 rings (SSSR count). The Kier molecular flexibility index (Phi) is 4.09. The van der Waals surface area contributed by atoms with Crippen molar-refractivity contribution in [3.8, 4) is 0 Å². The number of hydrogen-bond donors (Lipinski definition) is 1. The molecular weight excluding hydrogens is 310 g/mol. The first-order valence-electron chi connectivity index (χ1n) is 6.08. The van der Waals surface area contributed by atoms with Gasteiger partial charge in [-0.1, -0.05) is 15.9 Å². The number of rotatable bonds is 4. The van der Waals surface area contributed by atoms with Gasteiger partial charge in [-0.15, -0.1) is 0 Å². The van der Waals surface area contributed by atoms with E-state index in [1.54, 1.807) is 18.5 Å². The second-order valence-corrected chi connectivity index (χ2v) is 5.17. The van der Waals surface area contributed by atoms with Crippen LogP contribution in [0.15, 0.2) is 22.7 Å². The minimum Gasteiger partial charge on any atom is -0.464 e. The number of halogens is 1. The zero-order chi connectivity index (χ0) is 14.0. The van der Waals surface area contributed by atoms with Crippen LogP contribution in [0.1, 0.15) is 13.8 Å². The number of nitrogens with one attached hydrogen (secondary N) is 1. The molecule has 0 bridgehead atoms. The fraction of sp³-hybridized carbons (Fsp3) is 0.385. The van der Waals surface area contributed by atoms with Crippen molar-refractivity contribution in [2.75, 3.05) is 11.9 Å². The highest BCUT2D eigenvalue weighted by molar-refractivity contribution is 9.10. The molecule has 0 amide bonds. The third-order valence-corrected chi connectivity index (χ3v) is 3.30. The molecule has 1 heterocycles. The van der Waals surface area contributed by atoms with E-state index in [1.165, 1.54) is 0 Å². The van der Waals surface area contributed by atoms with Crippen LogP contribution in [0.25, 0.3) is 10.9 Å². The lowest BCUT2D eigenvalue weighted by atomic mass is 10.2.